The molecule has 1 aliphatic heterocycles. The molecule has 0 unspecified atom stereocenters. The van der Waals surface area contributed by atoms with Gasteiger partial charge in [0, 0.05) is 24.3 Å². The summed E-state index contributed by atoms with van der Waals surface area (Å²) in [7, 11) is 0. The predicted molar refractivity (Wildman–Crippen MR) is 60.4 cm³/mol. The molecular formula is C12H17FN2. The molecule has 3 heteroatoms. The summed E-state index contributed by atoms with van der Waals surface area (Å²) in [6, 6.07) is 6.67. The average Bonchev–Trinajstić information content (AvgIpc) is 2.20. The van der Waals surface area contributed by atoms with E-state index in [4.69, 9.17) is 5.73 Å². The largest absolute Gasteiger partial charge is 0.371 e. The van der Waals surface area contributed by atoms with Gasteiger partial charge in [0.15, 0.2) is 0 Å². The van der Waals surface area contributed by atoms with Crippen molar-refractivity contribution >= 4 is 5.69 Å². The van der Waals surface area contributed by atoms with Gasteiger partial charge in [-0.15, -0.1) is 0 Å². The molecular weight excluding hydrogens is 191 g/mol. The molecule has 0 aliphatic carbocycles. The highest BCUT2D eigenvalue weighted by atomic mass is 19.1. The van der Waals surface area contributed by atoms with Gasteiger partial charge in [-0.3, -0.25) is 0 Å². The van der Waals surface area contributed by atoms with Gasteiger partial charge in [-0.25, -0.2) is 4.39 Å². The van der Waals surface area contributed by atoms with Crippen molar-refractivity contribution in [3.8, 4) is 0 Å². The lowest BCUT2D eigenvalue weighted by Crippen LogP contribution is -2.48. The van der Waals surface area contributed by atoms with Crippen LogP contribution in [0.15, 0.2) is 24.3 Å². The molecule has 1 saturated heterocycles. The maximum atomic E-state index is 12.7. The topological polar surface area (TPSA) is 29.3 Å². The van der Waals surface area contributed by atoms with E-state index in [0.717, 1.165) is 31.6 Å². The van der Waals surface area contributed by atoms with Crippen LogP contribution in [0.4, 0.5) is 10.1 Å². The Morgan fingerprint density at radius 1 is 1.20 bits per heavy atom. The molecule has 1 heterocycles. The van der Waals surface area contributed by atoms with Gasteiger partial charge in [-0.05, 0) is 44.0 Å². The highest BCUT2D eigenvalue weighted by Crippen LogP contribution is 2.24. The van der Waals surface area contributed by atoms with E-state index in [2.05, 4.69) is 11.8 Å². The minimum atomic E-state index is -0.181. The minimum Gasteiger partial charge on any atom is -0.371 e. The molecule has 1 aromatic rings. The van der Waals surface area contributed by atoms with Crippen molar-refractivity contribution in [1.29, 1.82) is 0 Å². The lowest BCUT2D eigenvalue weighted by Gasteiger charge is -2.38. The Bertz CT molecular complexity index is 322. The lowest BCUT2D eigenvalue weighted by atomic mass is 9.91. The highest BCUT2D eigenvalue weighted by Gasteiger charge is 2.25. The summed E-state index contributed by atoms with van der Waals surface area (Å²) in [5.41, 5.74) is 7.11. The highest BCUT2D eigenvalue weighted by molar-refractivity contribution is 5.46. The first-order valence-electron chi connectivity index (χ1n) is 5.36. The summed E-state index contributed by atoms with van der Waals surface area (Å²) in [4.78, 5) is 2.26. The van der Waals surface area contributed by atoms with Crippen molar-refractivity contribution < 1.29 is 4.39 Å². The van der Waals surface area contributed by atoms with Gasteiger partial charge in [0.2, 0.25) is 0 Å². The summed E-state index contributed by atoms with van der Waals surface area (Å²) in [6.45, 7) is 4.01. The van der Waals surface area contributed by atoms with Gasteiger partial charge in [-0.1, -0.05) is 0 Å². The molecule has 82 valence electrons. The van der Waals surface area contributed by atoms with Crippen LogP contribution >= 0.6 is 0 Å². The third kappa shape index (κ3) is 2.48. The first kappa shape index (κ1) is 10.4. The zero-order valence-corrected chi connectivity index (χ0v) is 9.04. The fraction of sp³-hybridized carbons (Fsp3) is 0.500. The molecule has 0 spiro atoms. The van der Waals surface area contributed by atoms with Crippen molar-refractivity contribution in [3.05, 3.63) is 30.1 Å². The monoisotopic (exact) mass is 208 g/mol. The van der Waals surface area contributed by atoms with Crippen molar-refractivity contribution in [2.24, 2.45) is 5.73 Å². The molecule has 0 amide bonds. The van der Waals surface area contributed by atoms with Crippen molar-refractivity contribution in [2.75, 3.05) is 18.0 Å². The van der Waals surface area contributed by atoms with Crippen molar-refractivity contribution in [2.45, 2.75) is 25.3 Å². The summed E-state index contributed by atoms with van der Waals surface area (Å²) in [5, 5.41) is 0. The molecule has 2 nitrogen and oxygen atoms in total. The fourth-order valence-electron chi connectivity index (χ4n) is 1.93. The van der Waals surface area contributed by atoms with Crippen LogP contribution in [0.2, 0.25) is 0 Å². The van der Waals surface area contributed by atoms with Gasteiger partial charge in [0.1, 0.15) is 5.82 Å². The summed E-state index contributed by atoms with van der Waals surface area (Å²) >= 11 is 0. The predicted octanol–water partition coefficient (Wildman–Crippen LogP) is 2.14. The summed E-state index contributed by atoms with van der Waals surface area (Å²) in [5.74, 6) is -0.181. The first-order valence-corrected chi connectivity index (χ1v) is 5.36. The second kappa shape index (κ2) is 3.81. The number of anilines is 1. The fourth-order valence-corrected chi connectivity index (χ4v) is 1.93. The zero-order chi connectivity index (χ0) is 10.9. The van der Waals surface area contributed by atoms with Gasteiger partial charge in [0.05, 0.1) is 0 Å². The maximum absolute atomic E-state index is 12.7. The molecule has 2 rings (SSSR count). The van der Waals surface area contributed by atoms with E-state index in [1.54, 1.807) is 0 Å². The van der Waals surface area contributed by atoms with Crippen LogP contribution in [0.1, 0.15) is 19.8 Å². The van der Waals surface area contributed by atoms with Crippen LogP contribution < -0.4 is 10.6 Å². The lowest BCUT2D eigenvalue weighted by molar-refractivity contribution is 0.364. The molecule has 0 aromatic heterocycles. The molecule has 1 aromatic carbocycles. The number of nitrogens with zero attached hydrogens (tertiary/aromatic N) is 1. The van der Waals surface area contributed by atoms with E-state index >= 15 is 0 Å². The van der Waals surface area contributed by atoms with Crippen LogP contribution in [0.5, 0.6) is 0 Å². The Labute approximate surface area is 89.9 Å². The number of nitrogens with two attached hydrogens (primary N) is 1. The molecule has 0 atom stereocenters. The maximum Gasteiger partial charge on any atom is 0.123 e. The third-order valence-corrected chi connectivity index (χ3v) is 3.10. The molecule has 1 aliphatic rings. The number of hydrogen-bond acceptors (Lipinski definition) is 2. The molecule has 1 fully saturated rings. The summed E-state index contributed by atoms with van der Waals surface area (Å²) in [6.07, 6.45) is 1.98. The van der Waals surface area contributed by atoms with Crippen LogP contribution in [0, 0.1) is 5.82 Å². The SMILES string of the molecule is CC1(N)CCN(c2ccc(F)cc2)CC1. The Balaban J connectivity index is 2.04. The molecule has 0 saturated carbocycles. The number of hydrogen-bond donors (Lipinski definition) is 1. The van der Waals surface area contributed by atoms with E-state index in [9.17, 15) is 4.39 Å². The van der Waals surface area contributed by atoms with Gasteiger partial charge >= 0.3 is 0 Å². The van der Waals surface area contributed by atoms with Gasteiger partial charge in [0.25, 0.3) is 0 Å². The van der Waals surface area contributed by atoms with Crippen LogP contribution in [-0.2, 0) is 0 Å². The summed E-state index contributed by atoms with van der Waals surface area (Å²) < 4.78 is 12.7. The van der Waals surface area contributed by atoms with E-state index in [-0.39, 0.29) is 11.4 Å². The number of rotatable bonds is 1. The normalized spacial score (nSPS) is 20.3. The molecule has 15 heavy (non-hydrogen) atoms. The van der Waals surface area contributed by atoms with E-state index in [1.807, 2.05) is 12.1 Å². The van der Waals surface area contributed by atoms with E-state index in [1.165, 1.54) is 12.1 Å². The number of halogens is 1. The Morgan fingerprint density at radius 2 is 1.73 bits per heavy atom. The number of piperidine rings is 1. The first-order chi connectivity index (χ1) is 7.07. The standard InChI is InChI=1S/C12H17FN2/c1-12(14)6-8-15(9-7-12)11-4-2-10(13)3-5-11/h2-5H,6-9,14H2,1H3. The van der Waals surface area contributed by atoms with Crippen LogP contribution in [0.3, 0.4) is 0 Å². The number of benzene rings is 1. The van der Waals surface area contributed by atoms with E-state index < -0.39 is 0 Å². The average molecular weight is 208 g/mol. The quantitative estimate of drug-likeness (QED) is 0.766. The second-order valence-corrected chi connectivity index (χ2v) is 4.62. The molecule has 0 radical (unpaired) electrons. The third-order valence-electron chi connectivity index (χ3n) is 3.10. The van der Waals surface area contributed by atoms with Crippen LogP contribution in [0.25, 0.3) is 0 Å². The van der Waals surface area contributed by atoms with Crippen molar-refractivity contribution in [3.63, 3.8) is 0 Å². The Hall–Kier alpha value is -1.09. The van der Waals surface area contributed by atoms with Crippen molar-refractivity contribution in [1.82, 2.24) is 0 Å². The van der Waals surface area contributed by atoms with Gasteiger partial charge in [-0.2, -0.15) is 0 Å². The Kier molecular flexibility index (Phi) is 2.65. The van der Waals surface area contributed by atoms with E-state index in [0.29, 0.717) is 0 Å². The Morgan fingerprint density at radius 3 is 2.27 bits per heavy atom. The second-order valence-electron chi connectivity index (χ2n) is 4.62. The molecule has 2 N–H and O–H groups in total. The smallest absolute Gasteiger partial charge is 0.123 e. The zero-order valence-electron chi connectivity index (χ0n) is 9.04. The minimum absolute atomic E-state index is 0.0312. The molecule has 0 bridgehead atoms. The van der Waals surface area contributed by atoms with Gasteiger partial charge < -0.3 is 10.6 Å². The van der Waals surface area contributed by atoms with Crippen LogP contribution in [-0.4, -0.2) is 18.6 Å².